The number of halogens is 1. The van der Waals surface area contributed by atoms with E-state index in [1.807, 2.05) is 6.92 Å². The van der Waals surface area contributed by atoms with Crippen LogP contribution in [0.25, 0.3) is 0 Å². The molecule has 1 atom stereocenters. The molecule has 0 spiro atoms. The molecule has 15 heavy (non-hydrogen) atoms. The summed E-state index contributed by atoms with van der Waals surface area (Å²) in [7, 11) is 0. The number of thioether (sulfide) groups is 1. The van der Waals surface area contributed by atoms with Crippen molar-refractivity contribution in [3.8, 4) is 0 Å². The predicted molar refractivity (Wildman–Crippen MR) is 62.9 cm³/mol. The van der Waals surface area contributed by atoms with Crippen LogP contribution in [0.1, 0.15) is 30.6 Å². The fourth-order valence-corrected chi connectivity index (χ4v) is 2.10. The Kier molecular flexibility index (Phi) is 4.82. The molecule has 0 N–H and O–H groups in total. The lowest BCUT2D eigenvalue weighted by Gasteiger charge is -2.09. The Hall–Kier alpha value is -0.830. The van der Waals surface area contributed by atoms with Crippen LogP contribution in [0.15, 0.2) is 24.3 Å². The number of hydrogen-bond acceptors (Lipinski definition) is 2. The van der Waals surface area contributed by atoms with E-state index in [0.717, 1.165) is 12.2 Å². The van der Waals surface area contributed by atoms with Crippen LogP contribution in [0.5, 0.6) is 0 Å². The molecule has 1 aromatic rings. The molecular formula is C12H15FOS. The number of hydrogen-bond donors (Lipinski definition) is 0. The maximum absolute atomic E-state index is 12.6. The highest BCUT2D eigenvalue weighted by atomic mass is 32.2. The van der Waals surface area contributed by atoms with Gasteiger partial charge in [0.25, 0.3) is 0 Å². The Balaban J connectivity index is 2.63. The van der Waals surface area contributed by atoms with Gasteiger partial charge in [-0.25, -0.2) is 4.39 Å². The van der Waals surface area contributed by atoms with E-state index < -0.39 is 0 Å². The third-order valence-electron chi connectivity index (χ3n) is 2.07. The van der Waals surface area contributed by atoms with Crippen LogP contribution in [0.3, 0.4) is 0 Å². The van der Waals surface area contributed by atoms with Gasteiger partial charge < -0.3 is 0 Å². The fourth-order valence-electron chi connectivity index (χ4n) is 1.22. The molecule has 0 fully saturated rings. The monoisotopic (exact) mass is 226 g/mol. The van der Waals surface area contributed by atoms with Crippen molar-refractivity contribution in [2.24, 2.45) is 0 Å². The minimum absolute atomic E-state index is 0.0459. The number of benzene rings is 1. The summed E-state index contributed by atoms with van der Waals surface area (Å²) in [6.45, 7) is 3.98. The second-order valence-corrected chi connectivity index (χ2v) is 4.83. The van der Waals surface area contributed by atoms with Crippen LogP contribution in [0.2, 0.25) is 0 Å². The molecule has 82 valence electrons. The second-order valence-electron chi connectivity index (χ2n) is 3.38. The van der Waals surface area contributed by atoms with Gasteiger partial charge in [0, 0.05) is 5.56 Å². The number of Topliss-reactive ketones (excluding diaryl/α,β-unsaturated/α-hetero) is 1. The first kappa shape index (κ1) is 12.2. The van der Waals surface area contributed by atoms with Crippen LogP contribution in [0.4, 0.5) is 4.39 Å². The molecule has 1 rings (SSSR count). The molecule has 0 aromatic heterocycles. The molecule has 1 aromatic carbocycles. The molecule has 0 saturated carbocycles. The van der Waals surface area contributed by atoms with E-state index in [0.29, 0.717) is 5.56 Å². The fraction of sp³-hybridized carbons (Fsp3) is 0.417. The average Bonchev–Trinajstić information content (AvgIpc) is 2.26. The summed E-state index contributed by atoms with van der Waals surface area (Å²) in [5.74, 6) is 0.752. The molecule has 0 aliphatic rings. The number of carbonyl (C=O) groups is 1. The highest BCUT2D eigenvalue weighted by Crippen LogP contribution is 2.17. The standard InChI is InChI=1S/C12H15FOS/c1-3-8-15-9(2)12(14)10-4-6-11(13)7-5-10/h4-7,9H,3,8H2,1-2H3. The lowest BCUT2D eigenvalue weighted by molar-refractivity contribution is 0.0994. The molecule has 1 unspecified atom stereocenters. The van der Waals surface area contributed by atoms with Crippen LogP contribution in [0, 0.1) is 5.82 Å². The van der Waals surface area contributed by atoms with Gasteiger partial charge in [-0.1, -0.05) is 6.92 Å². The van der Waals surface area contributed by atoms with Crippen molar-refractivity contribution in [1.82, 2.24) is 0 Å². The predicted octanol–water partition coefficient (Wildman–Crippen LogP) is 3.54. The second kappa shape index (κ2) is 5.91. The van der Waals surface area contributed by atoms with Gasteiger partial charge in [-0.2, -0.15) is 11.8 Å². The van der Waals surface area contributed by atoms with Gasteiger partial charge >= 0.3 is 0 Å². The van der Waals surface area contributed by atoms with E-state index in [2.05, 4.69) is 6.92 Å². The van der Waals surface area contributed by atoms with Crippen LogP contribution >= 0.6 is 11.8 Å². The summed E-state index contributed by atoms with van der Waals surface area (Å²) < 4.78 is 12.6. The molecular weight excluding hydrogens is 211 g/mol. The zero-order chi connectivity index (χ0) is 11.3. The summed E-state index contributed by atoms with van der Waals surface area (Å²) in [5.41, 5.74) is 0.590. The summed E-state index contributed by atoms with van der Waals surface area (Å²) in [4.78, 5) is 11.8. The molecule has 0 amide bonds. The van der Waals surface area contributed by atoms with Gasteiger partial charge in [0.05, 0.1) is 5.25 Å². The van der Waals surface area contributed by atoms with Gasteiger partial charge in [0.15, 0.2) is 5.78 Å². The SMILES string of the molecule is CCCSC(C)C(=O)c1ccc(F)cc1. The first-order valence-electron chi connectivity index (χ1n) is 5.06. The summed E-state index contributed by atoms with van der Waals surface area (Å²) in [5, 5.41) is -0.0459. The Morgan fingerprint density at radius 3 is 2.53 bits per heavy atom. The van der Waals surface area contributed by atoms with Crippen molar-refractivity contribution in [2.45, 2.75) is 25.5 Å². The van der Waals surface area contributed by atoms with Gasteiger partial charge in [-0.05, 0) is 43.4 Å². The minimum atomic E-state index is -0.305. The highest BCUT2D eigenvalue weighted by molar-refractivity contribution is 8.00. The Bertz CT molecular complexity index is 321. The van der Waals surface area contributed by atoms with E-state index in [1.54, 1.807) is 23.9 Å². The summed E-state index contributed by atoms with van der Waals surface area (Å²) in [6.07, 6.45) is 1.06. The molecule has 0 saturated heterocycles. The van der Waals surface area contributed by atoms with Crippen molar-refractivity contribution in [3.63, 3.8) is 0 Å². The van der Waals surface area contributed by atoms with Crippen LogP contribution in [-0.2, 0) is 0 Å². The summed E-state index contributed by atoms with van der Waals surface area (Å²) in [6, 6.07) is 5.73. The summed E-state index contributed by atoms with van der Waals surface area (Å²) >= 11 is 1.64. The molecule has 0 aliphatic heterocycles. The zero-order valence-electron chi connectivity index (χ0n) is 9.00. The van der Waals surface area contributed by atoms with Crippen molar-refractivity contribution < 1.29 is 9.18 Å². The normalized spacial score (nSPS) is 12.5. The molecule has 0 heterocycles. The highest BCUT2D eigenvalue weighted by Gasteiger charge is 2.14. The molecule has 0 radical (unpaired) electrons. The van der Waals surface area contributed by atoms with Gasteiger partial charge in [0.2, 0.25) is 0 Å². The lowest BCUT2D eigenvalue weighted by atomic mass is 10.1. The molecule has 1 nitrogen and oxygen atoms in total. The largest absolute Gasteiger partial charge is 0.293 e. The van der Waals surface area contributed by atoms with Crippen molar-refractivity contribution in [1.29, 1.82) is 0 Å². The first-order valence-corrected chi connectivity index (χ1v) is 6.11. The number of rotatable bonds is 5. The van der Waals surface area contributed by atoms with Gasteiger partial charge in [0.1, 0.15) is 5.82 Å². The average molecular weight is 226 g/mol. The molecule has 0 aliphatic carbocycles. The third kappa shape index (κ3) is 3.67. The van der Waals surface area contributed by atoms with E-state index >= 15 is 0 Å². The zero-order valence-corrected chi connectivity index (χ0v) is 9.81. The third-order valence-corrected chi connectivity index (χ3v) is 3.43. The van der Waals surface area contributed by atoms with E-state index in [4.69, 9.17) is 0 Å². The molecule has 0 bridgehead atoms. The van der Waals surface area contributed by atoms with E-state index in [9.17, 15) is 9.18 Å². The Labute approximate surface area is 94.1 Å². The Morgan fingerprint density at radius 1 is 1.40 bits per heavy atom. The minimum Gasteiger partial charge on any atom is -0.293 e. The number of carbonyl (C=O) groups excluding carboxylic acids is 1. The topological polar surface area (TPSA) is 17.1 Å². The van der Waals surface area contributed by atoms with Crippen LogP contribution in [-0.4, -0.2) is 16.8 Å². The quantitative estimate of drug-likeness (QED) is 0.714. The number of ketones is 1. The van der Waals surface area contributed by atoms with Crippen molar-refractivity contribution in [2.75, 3.05) is 5.75 Å². The lowest BCUT2D eigenvalue weighted by Crippen LogP contribution is -2.13. The van der Waals surface area contributed by atoms with Crippen molar-refractivity contribution >= 4 is 17.5 Å². The van der Waals surface area contributed by atoms with E-state index in [-0.39, 0.29) is 16.9 Å². The maximum Gasteiger partial charge on any atom is 0.175 e. The van der Waals surface area contributed by atoms with Gasteiger partial charge in [-0.15, -0.1) is 0 Å². The smallest absolute Gasteiger partial charge is 0.175 e. The Morgan fingerprint density at radius 2 is 2.00 bits per heavy atom. The van der Waals surface area contributed by atoms with Crippen LogP contribution < -0.4 is 0 Å². The molecule has 3 heteroatoms. The first-order chi connectivity index (χ1) is 7.15. The van der Waals surface area contributed by atoms with Gasteiger partial charge in [-0.3, -0.25) is 4.79 Å². The van der Waals surface area contributed by atoms with Crippen molar-refractivity contribution in [3.05, 3.63) is 35.6 Å². The van der Waals surface area contributed by atoms with E-state index in [1.165, 1.54) is 12.1 Å². The maximum atomic E-state index is 12.6.